The van der Waals surface area contributed by atoms with Crippen molar-refractivity contribution in [2.24, 2.45) is 5.73 Å². The fourth-order valence-corrected chi connectivity index (χ4v) is 5.31. The Morgan fingerprint density at radius 3 is 2.95 bits per heavy atom. The van der Waals surface area contributed by atoms with Crippen LogP contribution in [0.4, 0.5) is 0 Å². The number of nitrogens with two attached hydrogens (primary N) is 1. The van der Waals surface area contributed by atoms with Gasteiger partial charge >= 0.3 is 0 Å². The van der Waals surface area contributed by atoms with Gasteiger partial charge in [0.1, 0.15) is 10.0 Å². The van der Waals surface area contributed by atoms with Gasteiger partial charge in [-0.15, -0.1) is 11.3 Å². The highest BCUT2D eigenvalue weighted by molar-refractivity contribution is 7.91. The van der Waals surface area contributed by atoms with Gasteiger partial charge < -0.3 is 10.3 Å². The van der Waals surface area contributed by atoms with Crippen LogP contribution in [0, 0.1) is 6.92 Å². The fraction of sp³-hybridized carbons (Fsp3) is 0.417. The zero-order chi connectivity index (χ0) is 14.3. The van der Waals surface area contributed by atoms with Crippen molar-refractivity contribution in [2.45, 2.75) is 30.8 Å². The maximum atomic E-state index is 12.7. The number of aromatic nitrogens is 2. The van der Waals surface area contributed by atoms with E-state index in [1.54, 1.807) is 12.3 Å². The first-order chi connectivity index (χ1) is 9.52. The monoisotopic (exact) mass is 312 g/mol. The standard InChI is InChI=1S/C12H16N4O2S2/c1-9-6-12(19-10(9)7-13)20(17,18)16-5-4-15-3-2-14-11(15)8-16/h2-3,6H,4-5,7-8,13H2,1H3. The molecule has 0 fully saturated rings. The van der Waals surface area contributed by atoms with Gasteiger partial charge in [-0.2, -0.15) is 4.31 Å². The summed E-state index contributed by atoms with van der Waals surface area (Å²) in [6.45, 7) is 3.70. The second kappa shape index (κ2) is 4.96. The second-order valence-corrected chi connectivity index (χ2v) is 8.05. The van der Waals surface area contributed by atoms with Crippen molar-refractivity contribution in [3.05, 3.63) is 34.7 Å². The predicted octanol–water partition coefficient (Wildman–Crippen LogP) is 0.916. The number of imidazole rings is 1. The van der Waals surface area contributed by atoms with Gasteiger partial charge in [-0.05, 0) is 18.6 Å². The number of rotatable bonds is 3. The van der Waals surface area contributed by atoms with Gasteiger partial charge in [0.05, 0.1) is 6.54 Å². The maximum Gasteiger partial charge on any atom is 0.253 e. The molecule has 2 aromatic heterocycles. The van der Waals surface area contributed by atoms with Crippen molar-refractivity contribution in [3.63, 3.8) is 0 Å². The number of thiophene rings is 1. The van der Waals surface area contributed by atoms with E-state index in [1.165, 1.54) is 15.6 Å². The summed E-state index contributed by atoms with van der Waals surface area (Å²) in [5.41, 5.74) is 6.56. The number of aryl methyl sites for hydroxylation is 1. The SMILES string of the molecule is Cc1cc(S(=O)(=O)N2CCn3ccnc3C2)sc1CN. The first-order valence-electron chi connectivity index (χ1n) is 6.32. The molecule has 3 rings (SSSR count). The third kappa shape index (κ3) is 2.18. The third-order valence-electron chi connectivity index (χ3n) is 3.49. The molecule has 0 saturated heterocycles. The largest absolute Gasteiger partial charge is 0.333 e. The van der Waals surface area contributed by atoms with Crippen molar-refractivity contribution < 1.29 is 8.42 Å². The summed E-state index contributed by atoms with van der Waals surface area (Å²) in [4.78, 5) is 5.11. The van der Waals surface area contributed by atoms with Crippen LogP contribution in [0.1, 0.15) is 16.3 Å². The Balaban J connectivity index is 1.92. The molecule has 0 radical (unpaired) electrons. The number of sulfonamides is 1. The minimum Gasteiger partial charge on any atom is -0.333 e. The van der Waals surface area contributed by atoms with Crippen LogP contribution >= 0.6 is 11.3 Å². The first kappa shape index (κ1) is 13.7. The number of fused-ring (bicyclic) bond motifs is 1. The van der Waals surface area contributed by atoms with Crippen molar-refractivity contribution in [3.8, 4) is 0 Å². The normalized spacial score (nSPS) is 16.3. The van der Waals surface area contributed by atoms with Crippen LogP contribution in [0.15, 0.2) is 22.7 Å². The lowest BCUT2D eigenvalue weighted by molar-refractivity contribution is 0.336. The van der Waals surface area contributed by atoms with E-state index in [0.717, 1.165) is 16.3 Å². The van der Waals surface area contributed by atoms with E-state index in [1.807, 2.05) is 17.7 Å². The molecule has 0 bridgehead atoms. The molecule has 0 spiro atoms. The Labute approximate surface area is 121 Å². The lowest BCUT2D eigenvalue weighted by atomic mass is 10.3. The molecule has 0 atom stereocenters. The average molecular weight is 312 g/mol. The fourth-order valence-electron chi connectivity index (χ4n) is 2.30. The Morgan fingerprint density at radius 1 is 1.45 bits per heavy atom. The van der Waals surface area contributed by atoms with Gasteiger partial charge in [0.25, 0.3) is 10.0 Å². The smallest absolute Gasteiger partial charge is 0.253 e. The molecule has 108 valence electrons. The minimum absolute atomic E-state index is 0.324. The van der Waals surface area contributed by atoms with Gasteiger partial charge in [0, 0.05) is 36.9 Å². The summed E-state index contributed by atoms with van der Waals surface area (Å²) in [6, 6.07) is 1.71. The molecule has 0 aliphatic carbocycles. The van der Waals surface area contributed by atoms with Crippen molar-refractivity contribution in [2.75, 3.05) is 6.54 Å². The van der Waals surface area contributed by atoms with E-state index in [0.29, 0.717) is 30.4 Å². The molecule has 0 amide bonds. The van der Waals surface area contributed by atoms with Crippen molar-refractivity contribution >= 4 is 21.4 Å². The van der Waals surface area contributed by atoms with Crippen LogP contribution < -0.4 is 5.73 Å². The summed E-state index contributed by atoms with van der Waals surface area (Å²) in [5.74, 6) is 0.784. The van der Waals surface area contributed by atoms with Crippen LogP contribution in [0.3, 0.4) is 0 Å². The summed E-state index contributed by atoms with van der Waals surface area (Å²) < 4.78 is 29.2. The lowest BCUT2D eigenvalue weighted by Gasteiger charge is -2.26. The zero-order valence-corrected chi connectivity index (χ0v) is 12.7. The second-order valence-electron chi connectivity index (χ2n) is 4.75. The summed E-state index contributed by atoms with van der Waals surface area (Å²) >= 11 is 1.26. The highest BCUT2D eigenvalue weighted by Gasteiger charge is 2.30. The van der Waals surface area contributed by atoms with Gasteiger partial charge in [-0.1, -0.05) is 0 Å². The molecule has 3 heterocycles. The van der Waals surface area contributed by atoms with Crippen LogP contribution in [-0.4, -0.2) is 28.8 Å². The van der Waals surface area contributed by atoms with Gasteiger partial charge in [-0.3, -0.25) is 0 Å². The van der Waals surface area contributed by atoms with Crippen LogP contribution in [0.25, 0.3) is 0 Å². The molecular weight excluding hydrogens is 296 g/mol. The molecule has 6 nitrogen and oxygen atoms in total. The van der Waals surface area contributed by atoms with Gasteiger partial charge in [-0.25, -0.2) is 13.4 Å². The Morgan fingerprint density at radius 2 is 2.25 bits per heavy atom. The van der Waals surface area contributed by atoms with Crippen LogP contribution in [0.5, 0.6) is 0 Å². The number of nitrogens with zero attached hydrogens (tertiary/aromatic N) is 3. The van der Waals surface area contributed by atoms with E-state index >= 15 is 0 Å². The van der Waals surface area contributed by atoms with Gasteiger partial charge in [0.2, 0.25) is 0 Å². The number of hydrogen-bond acceptors (Lipinski definition) is 5. The number of hydrogen-bond donors (Lipinski definition) is 1. The molecular formula is C12H16N4O2S2. The van der Waals surface area contributed by atoms with E-state index in [9.17, 15) is 8.42 Å². The minimum atomic E-state index is -3.45. The highest BCUT2D eigenvalue weighted by atomic mass is 32.2. The molecule has 20 heavy (non-hydrogen) atoms. The summed E-state index contributed by atoms with van der Waals surface area (Å²) in [7, 11) is -3.45. The van der Waals surface area contributed by atoms with Crippen LogP contribution in [-0.2, 0) is 29.7 Å². The summed E-state index contributed by atoms with van der Waals surface area (Å²) in [6.07, 6.45) is 3.58. The van der Waals surface area contributed by atoms with E-state index in [2.05, 4.69) is 4.98 Å². The zero-order valence-electron chi connectivity index (χ0n) is 11.1. The van der Waals surface area contributed by atoms with Crippen LogP contribution in [0.2, 0.25) is 0 Å². The predicted molar refractivity (Wildman–Crippen MR) is 76.8 cm³/mol. The average Bonchev–Trinajstić information content (AvgIpc) is 3.03. The molecule has 2 aromatic rings. The first-order valence-corrected chi connectivity index (χ1v) is 8.57. The molecule has 1 aliphatic heterocycles. The van der Waals surface area contributed by atoms with Gasteiger partial charge in [0.15, 0.2) is 0 Å². The lowest BCUT2D eigenvalue weighted by Crippen LogP contribution is -2.37. The molecule has 1 aliphatic rings. The molecule has 8 heteroatoms. The summed E-state index contributed by atoms with van der Waals surface area (Å²) in [5, 5.41) is 0. The molecule has 0 aromatic carbocycles. The Bertz CT molecular complexity index is 732. The van der Waals surface area contributed by atoms with E-state index < -0.39 is 10.0 Å². The topological polar surface area (TPSA) is 81.2 Å². The maximum absolute atomic E-state index is 12.7. The molecule has 0 saturated carbocycles. The van der Waals surface area contributed by atoms with Crippen molar-refractivity contribution in [1.29, 1.82) is 0 Å². The third-order valence-corrected chi connectivity index (χ3v) is 7.04. The Hall–Kier alpha value is -1.22. The van der Waals surface area contributed by atoms with Crippen molar-refractivity contribution in [1.82, 2.24) is 13.9 Å². The van der Waals surface area contributed by atoms with E-state index in [-0.39, 0.29) is 0 Å². The Kier molecular flexibility index (Phi) is 3.41. The molecule has 2 N–H and O–H groups in total. The van der Waals surface area contributed by atoms with E-state index in [4.69, 9.17) is 5.73 Å². The quantitative estimate of drug-likeness (QED) is 0.913. The highest BCUT2D eigenvalue weighted by Crippen LogP contribution is 2.29. The molecule has 0 unspecified atom stereocenters.